The van der Waals surface area contributed by atoms with Crippen molar-refractivity contribution in [3.05, 3.63) is 0 Å². The zero-order valence-corrected chi connectivity index (χ0v) is 15.1. The quantitative estimate of drug-likeness (QED) is 0.497. The van der Waals surface area contributed by atoms with Crippen LogP contribution in [0.15, 0.2) is 0 Å². The Bertz CT molecular complexity index is 325. The number of carbonyl (C=O) groups excluding carboxylic acids is 2. The van der Waals surface area contributed by atoms with Crippen molar-refractivity contribution in [2.45, 2.75) is 79.6 Å². The van der Waals surface area contributed by atoms with Gasteiger partial charge in [0.1, 0.15) is 0 Å². The zero-order valence-electron chi connectivity index (χ0n) is 15.1. The number of unbranched alkanes of at least 4 members (excludes halogenated alkanes) is 1. The molecule has 0 amide bonds. The van der Waals surface area contributed by atoms with E-state index in [4.69, 9.17) is 9.47 Å². The van der Waals surface area contributed by atoms with Gasteiger partial charge in [0.25, 0.3) is 0 Å². The molecule has 0 bridgehead atoms. The lowest BCUT2D eigenvalue weighted by atomic mass is 9.81. The predicted octanol–water partition coefficient (Wildman–Crippen LogP) is 4.51. The van der Waals surface area contributed by atoms with Crippen molar-refractivity contribution in [1.29, 1.82) is 0 Å². The van der Waals surface area contributed by atoms with Crippen molar-refractivity contribution >= 4 is 11.9 Å². The van der Waals surface area contributed by atoms with E-state index in [9.17, 15) is 9.59 Å². The first-order valence-corrected chi connectivity index (χ1v) is 8.64. The molecule has 0 heterocycles. The predicted molar refractivity (Wildman–Crippen MR) is 88.5 cm³/mol. The average molecular weight is 314 g/mol. The molecule has 4 nitrogen and oxygen atoms in total. The summed E-state index contributed by atoms with van der Waals surface area (Å²) < 4.78 is 10.4. The van der Waals surface area contributed by atoms with Gasteiger partial charge in [-0.1, -0.05) is 53.9 Å². The van der Waals surface area contributed by atoms with Gasteiger partial charge in [-0.25, -0.2) is 0 Å². The highest BCUT2D eigenvalue weighted by atomic mass is 16.5. The fourth-order valence-corrected chi connectivity index (χ4v) is 2.34. The lowest BCUT2D eigenvalue weighted by molar-refractivity contribution is -0.152. The molecule has 0 radical (unpaired) electrons. The maximum absolute atomic E-state index is 11.8. The van der Waals surface area contributed by atoms with Crippen LogP contribution in [0.5, 0.6) is 0 Å². The van der Waals surface area contributed by atoms with Crippen LogP contribution in [-0.4, -0.2) is 25.2 Å². The molecule has 4 heteroatoms. The third kappa shape index (κ3) is 10.6. The van der Waals surface area contributed by atoms with Gasteiger partial charge >= 0.3 is 11.9 Å². The molecule has 0 saturated heterocycles. The summed E-state index contributed by atoms with van der Waals surface area (Å²) in [5.41, 5.74) is 0.0541. The molecule has 130 valence electrons. The number of ether oxygens (including phenoxy) is 2. The molecule has 0 aliphatic carbocycles. The van der Waals surface area contributed by atoms with Crippen molar-refractivity contribution in [3.8, 4) is 0 Å². The van der Waals surface area contributed by atoms with Gasteiger partial charge in [0.05, 0.1) is 26.1 Å². The van der Waals surface area contributed by atoms with Crippen LogP contribution < -0.4 is 0 Å². The van der Waals surface area contributed by atoms with Crippen molar-refractivity contribution in [3.63, 3.8) is 0 Å². The van der Waals surface area contributed by atoms with Crippen LogP contribution in [0.1, 0.15) is 79.6 Å². The van der Waals surface area contributed by atoms with Crippen LogP contribution in [0.25, 0.3) is 0 Å². The van der Waals surface area contributed by atoms with E-state index < -0.39 is 0 Å². The molecule has 0 rings (SSSR count). The summed E-state index contributed by atoms with van der Waals surface area (Å²) in [6.45, 7) is 11.3. The van der Waals surface area contributed by atoms with Crippen LogP contribution in [0, 0.1) is 11.3 Å². The first-order valence-electron chi connectivity index (χ1n) is 8.64. The zero-order chi connectivity index (χ0) is 17.0. The fraction of sp³-hybridized carbons (Fsp3) is 0.889. The Hall–Kier alpha value is -1.06. The molecule has 1 unspecified atom stereocenters. The number of esters is 2. The van der Waals surface area contributed by atoms with Crippen molar-refractivity contribution in [2.24, 2.45) is 11.3 Å². The summed E-state index contributed by atoms with van der Waals surface area (Å²) in [6, 6.07) is 0. The number of hydrogen-bond donors (Lipinski definition) is 0. The lowest BCUT2D eigenvalue weighted by Gasteiger charge is -2.28. The second-order valence-electron chi connectivity index (χ2n) is 6.90. The second-order valence-corrected chi connectivity index (χ2v) is 6.90. The largest absolute Gasteiger partial charge is 0.465 e. The summed E-state index contributed by atoms with van der Waals surface area (Å²) in [6.07, 6.45) is 5.71. The average Bonchev–Trinajstić information content (AvgIpc) is 2.47. The molecular weight excluding hydrogens is 280 g/mol. The molecule has 0 fully saturated rings. The van der Waals surface area contributed by atoms with Crippen LogP contribution in [-0.2, 0) is 19.1 Å². The minimum atomic E-state index is -0.326. The van der Waals surface area contributed by atoms with E-state index in [1.165, 1.54) is 0 Å². The number of carbonyl (C=O) groups is 2. The third-order valence-corrected chi connectivity index (χ3v) is 3.68. The summed E-state index contributed by atoms with van der Waals surface area (Å²) >= 11 is 0. The van der Waals surface area contributed by atoms with E-state index in [0.717, 1.165) is 32.1 Å². The molecule has 0 saturated carbocycles. The van der Waals surface area contributed by atoms with E-state index in [1.807, 2.05) is 13.8 Å². The molecule has 0 aromatic carbocycles. The highest BCUT2D eigenvalue weighted by Gasteiger charge is 2.25. The number of hydrogen-bond acceptors (Lipinski definition) is 4. The molecule has 0 N–H and O–H groups in total. The topological polar surface area (TPSA) is 52.6 Å². The summed E-state index contributed by atoms with van der Waals surface area (Å²) in [4.78, 5) is 23.2. The first-order chi connectivity index (χ1) is 10.3. The van der Waals surface area contributed by atoms with Gasteiger partial charge in [-0.15, -0.1) is 0 Å². The summed E-state index contributed by atoms with van der Waals surface area (Å²) in [7, 11) is 0. The molecule has 0 aromatic rings. The lowest BCUT2D eigenvalue weighted by Crippen LogP contribution is -2.25. The van der Waals surface area contributed by atoms with Gasteiger partial charge in [0, 0.05) is 5.41 Å². The highest BCUT2D eigenvalue weighted by Crippen LogP contribution is 2.30. The van der Waals surface area contributed by atoms with Crippen molar-refractivity contribution in [1.82, 2.24) is 0 Å². The summed E-state index contributed by atoms with van der Waals surface area (Å²) in [5.74, 6) is -0.322. The number of rotatable bonds is 12. The Labute approximate surface area is 135 Å². The van der Waals surface area contributed by atoms with Crippen LogP contribution in [0.2, 0.25) is 0 Å². The first kappa shape index (κ1) is 20.9. The Balaban J connectivity index is 4.05. The highest BCUT2D eigenvalue weighted by molar-refractivity contribution is 5.77. The van der Waals surface area contributed by atoms with Gasteiger partial charge in [-0.05, 0) is 18.8 Å². The van der Waals surface area contributed by atoms with Gasteiger partial charge in [0.2, 0.25) is 0 Å². The van der Waals surface area contributed by atoms with Crippen LogP contribution in [0.3, 0.4) is 0 Å². The van der Waals surface area contributed by atoms with E-state index in [1.54, 1.807) is 0 Å². The van der Waals surface area contributed by atoms with Crippen LogP contribution >= 0.6 is 0 Å². The van der Waals surface area contributed by atoms with Crippen molar-refractivity contribution < 1.29 is 19.1 Å². The SMILES string of the molecule is CCCCC(C)(CCC)COC(=O)CCC(=O)OCC(C)C. The molecule has 0 aliphatic rings. The van der Waals surface area contributed by atoms with Gasteiger partial charge in [-0.2, -0.15) is 0 Å². The van der Waals surface area contributed by atoms with Gasteiger partial charge < -0.3 is 9.47 Å². The second kappa shape index (κ2) is 11.5. The van der Waals surface area contributed by atoms with E-state index in [2.05, 4.69) is 20.8 Å². The Morgan fingerprint density at radius 1 is 0.955 bits per heavy atom. The molecule has 0 spiro atoms. The molecule has 1 atom stereocenters. The minimum Gasteiger partial charge on any atom is -0.465 e. The molecule has 22 heavy (non-hydrogen) atoms. The minimum absolute atomic E-state index is 0.0541. The standard InChI is InChI=1S/C18H34O4/c1-6-8-12-18(5,11-7-2)14-22-17(20)10-9-16(19)21-13-15(3)4/h15H,6-14H2,1-5H3. The normalized spacial score (nSPS) is 13.7. The van der Waals surface area contributed by atoms with E-state index in [0.29, 0.717) is 19.1 Å². The van der Waals surface area contributed by atoms with E-state index >= 15 is 0 Å². The van der Waals surface area contributed by atoms with Crippen molar-refractivity contribution in [2.75, 3.05) is 13.2 Å². The Morgan fingerprint density at radius 2 is 1.55 bits per heavy atom. The smallest absolute Gasteiger partial charge is 0.306 e. The molecule has 0 aliphatic heterocycles. The maximum Gasteiger partial charge on any atom is 0.306 e. The third-order valence-electron chi connectivity index (χ3n) is 3.68. The monoisotopic (exact) mass is 314 g/mol. The maximum atomic E-state index is 11.8. The van der Waals surface area contributed by atoms with Crippen LogP contribution in [0.4, 0.5) is 0 Å². The Kier molecular flexibility index (Phi) is 10.9. The molecule has 0 aromatic heterocycles. The fourth-order valence-electron chi connectivity index (χ4n) is 2.34. The van der Waals surface area contributed by atoms with Gasteiger partial charge in [-0.3, -0.25) is 9.59 Å². The summed E-state index contributed by atoms with van der Waals surface area (Å²) in [5, 5.41) is 0. The van der Waals surface area contributed by atoms with E-state index in [-0.39, 0.29) is 30.2 Å². The van der Waals surface area contributed by atoms with Gasteiger partial charge in [0.15, 0.2) is 0 Å². The Morgan fingerprint density at radius 3 is 2.05 bits per heavy atom. The molecular formula is C18H34O4.